The number of ketones is 1. The van der Waals surface area contributed by atoms with E-state index in [1.54, 1.807) is 24.3 Å². The molecule has 0 saturated carbocycles. The van der Waals surface area contributed by atoms with Gasteiger partial charge in [-0.25, -0.2) is 0 Å². The zero-order valence-corrected chi connectivity index (χ0v) is 16.4. The molecule has 27 heavy (non-hydrogen) atoms. The quantitative estimate of drug-likeness (QED) is 0.564. The summed E-state index contributed by atoms with van der Waals surface area (Å²) in [7, 11) is 0. The van der Waals surface area contributed by atoms with Crippen LogP contribution in [0.25, 0.3) is 0 Å². The summed E-state index contributed by atoms with van der Waals surface area (Å²) < 4.78 is 4.94. The van der Waals surface area contributed by atoms with Crippen molar-refractivity contribution >= 4 is 34.9 Å². The van der Waals surface area contributed by atoms with Crippen molar-refractivity contribution in [1.29, 1.82) is 0 Å². The summed E-state index contributed by atoms with van der Waals surface area (Å²) in [5, 5.41) is 3.14. The van der Waals surface area contributed by atoms with Gasteiger partial charge in [-0.05, 0) is 55.7 Å². The lowest BCUT2D eigenvalue weighted by atomic mass is 10.0. The monoisotopic (exact) mass is 387 g/mol. The van der Waals surface area contributed by atoms with Crippen LogP contribution in [0.1, 0.15) is 39.9 Å². The third kappa shape index (κ3) is 6.22. The lowest BCUT2D eigenvalue weighted by Crippen LogP contribution is -2.21. The van der Waals surface area contributed by atoms with Gasteiger partial charge in [0.2, 0.25) is 0 Å². The van der Waals surface area contributed by atoms with E-state index in [1.165, 1.54) is 0 Å². The van der Waals surface area contributed by atoms with E-state index < -0.39 is 18.5 Å². The summed E-state index contributed by atoms with van der Waals surface area (Å²) in [6, 6.07) is 10.6. The lowest BCUT2D eigenvalue weighted by molar-refractivity contribution is -0.147. The van der Waals surface area contributed by atoms with Gasteiger partial charge in [0.05, 0.1) is 6.42 Å². The highest BCUT2D eigenvalue weighted by Gasteiger charge is 2.13. The highest BCUT2D eigenvalue weighted by atomic mass is 35.5. The van der Waals surface area contributed by atoms with Crippen molar-refractivity contribution in [3.05, 3.63) is 63.7 Å². The first-order valence-electron chi connectivity index (χ1n) is 8.58. The number of hydrogen-bond donors (Lipinski definition) is 1. The third-order valence-corrected chi connectivity index (χ3v) is 4.46. The Labute approximate surface area is 163 Å². The fraction of sp³-hybridized carbons (Fsp3) is 0.286. The SMILES string of the molecule is Cc1ccc(C(=O)CCC(=O)OCC(=O)Nc2cc(Cl)ccc2C)cc1C. The fourth-order valence-electron chi connectivity index (χ4n) is 2.41. The number of ether oxygens (including phenoxy) is 1. The number of amides is 1. The van der Waals surface area contributed by atoms with Crippen molar-refractivity contribution in [3.8, 4) is 0 Å². The number of esters is 1. The smallest absolute Gasteiger partial charge is 0.306 e. The maximum atomic E-state index is 12.2. The van der Waals surface area contributed by atoms with Gasteiger partial charge in [0.1, 0.15) is 0 Å². The van der Waals surface area contributed by atoms with Crippen molar-refractivity contribution in [3.63, 3.8) is 0 Å². The predicted molar refractivity (Wildman–Crippen MR) is 105 cm³/mol. The first-order valence-corrected chi connectivity index (χ1v) is 8.96. The van der Waals surface area contributed by atoms with Crippen molar-refractivity contribution in [2.24, 2.45) is 0 Å². The summed E-state index contributed by atoms with van der Waals surface area (Å²) in [6.07, 6.45) is -0.0361. The molecule has 0 heterocycles. The number of hydrogen-bond acceptors (Lipinski definition) is 4. The standard InChI is InChI=1S/C21H22ClNO4/c1-13-4-6-16(10-15(13)3)19(24)8-9-21(26)27-12-20(25)23-18-11-17(22)7-5-14(18)2/h4-7,10-11H,8-9,12H2,1-3H3,(H,23,25). The second kappa shape index (κ2) is 9.33. The molecule has 0 aliphatic heterocycles. The van der Waals surface area contributed by atoms with Gasteiger partial charge in [-0.15, -0.1) is 0 Å². The number of anilines is 1. The Morgan fingerprint density at radius 3 is 2.33 bits per heavy atom. The van der Waals surface area contributed by atoms with Crippen molar-refractivity contribution in [2.75, 3.05) is 11.9 Å². The molecule has 0 atom stereocenters. The summed E-state index contributed by atoms with van der Waals surface area (Å²) >= 11 is 5.90. The molecule has 5 nitrogen and oxygen atoms in total. The number of Topliss-reactive ketones (excluding diaryl/α,β-unsaturated/α-hetero) is 1. The van der Waals surface area contributed by atoms with E-state index in [4.69, 9.17) is 16.3 Å². The maximum Gasteiger partial charge on any atom is 0.306 e. The zero-order valence-electron chi connectivity index (χ0n) is 15.6. The number of benzene rings is 2. The molecule has 142 valence electrons. The number of carbonyl (C=O) groups excluding carboxylic acids is 3. The van der Waals surface area contributed by atoms with Crippen LogP contribution in [0.5, 0.6) is 0 Å². The van der Waals surface area contributed by atoms with E-state index in [2.05, 4.69) is 5.32 Å². The molecule has 0 radical (unpaired) electrons. The molecular weight excluding hydrogens is 366 g/mol. The van der Waals surface area contributed by atoms with Gasteiger partial charge in [0.25, 0.3) is 5.91 Å². The predicted octanol–water partition coefficient (Wildman–Crippen LogP) is 4.41. The molecule has 6 heteroatoms. The summed E-state index contributed by atoms with van der Waals surface area (Å²) in [6.45, 7) is 5.32. The second-order valence-corrected chi connectivity index (χ2v) is 6.83. The van der Waals surface area contributed by atoms with Gasteiger partial charge < -0.3 is 10.1 Å². The molecule has 0 aliphatic rings. The van der Waals surface area contributed by atoms with E-state index in [9.17, 15) is 14.4 Å². The van der Waals surface area contributed by atoms with Crippen LogP contribution in [-0.4, -0.2) is 24.3 Å². The first-order chi connectivity index (χ1) is 12.8. The average Bonchev–Trinajstić information content (AvgIpc) is 2.63. The van der Waals surface area contributed by atoms with E-state index in [0.717, 1.165) is 16.7 Å². The minimum atomic E-state index is -0.592. The third-order valence-electron chi connectivity index (χ3n) is 4.22. The van der Waals surface area contributed by atoms with Gasteiger partial charge in [-0.1, -0.05) is 29.8 Å². The number of carbonyl (C=O) groups is 3. The molecule has 1 N–H and O–H groups in total. The number of rotatable bonds is 7. The molecule has 2 aromatic carbocycles. The van der Waals surface area contributed by atoms with Crippen LogP contribution in [0.3, 0.4) is 0 Å². The Balaban J connectivity index is 1.78. The van der Waals surface area contributed by atoms with Gasteiger partial charge in [0.15, 0.2) is 12.4 Å². The van der Waals surface area contributed by atoms with Gasteiger partial charge in [-0.3, -0.25) is 14.4 Å². The van der Waals surface area contributed by atoms with Crippen molar-refractivity contribution in [2.45, 2.75) is 33.6 Å². The molecule has 0 saturated heterocycles. The number of aryl methyl sites for hydroxylation is 3. The molecule has 0 spiro atoms. The molecular formula is C21H22ClNO4. The van der Waals surface area contributed by atoms with Gasteiger partial charge in [-0.2, -0.15) is 0 Å². The second-order valence-electron chi connectivity index (χ2n) is 6.39. The van der Waals surface area contributed by atoms with Crippen LogP contribution in [0.2, 0.25) is 5.02 Å². The Morgan fingerprint density at radius 1 is 0.926 bits per heavy atom. The Bertz CT molecular complexity index is 876. The Morgan fingerprint density at radius 2 is 1.63 bits per heavy atom. The van der Waals surface area contributed by atoms with E-state index in [0.29, 0.717) is 16.3 Å². The van der Waals surface area contributed by atoms with E-state index in [-0.39, 0.29) is 18.6 Å². The highest BCUT2D eigenvalue weighted by molar-refractivity contribution is 6.31. The van der Waals surface area contributed by atoms with Crippen LogP contribution >= 0.6 is 11.6 Å². The lowest BCUT2D eigenvalue weighted by Gasteiger charge is -2.09. The molecule has 2 aromatic rings. The fourth-order valence-corrected chi connectivity index (χ4v) is 2.58. The van der Waals surface area contributed by atoms with Gasteiger partial charge in [0, 0.05) is 22.7 Å². The maximum absolute atomic E-state index is 12.2. The molecule has 0 fully saturated rings. The summed E-state index contributed by atoms with van der Waals surface area (Å²) in [5.41, 5.74) is 4.11. The molecule has 0 aliphatic carbocycles. The van der Waals surface area contributed by atoms with Crippen LogP contribution in [0.15, 0.2) is 36.4 Å². The van der Waals surface area contributed by atoms with Crippen LogP contribution in [-0.2, 0) is 14.3 Å². The largest absolute Gasteiger partial charge is 0.456 e. The molecule has 0 aromatic heterocycles. The number of nitrogens with one attached hydrogen (secondary N) is 1. The molecule has 1 amide bonds. The van der Waals surface area contributed by atoms with Crippen LogP contribution in [0.4, 0.5) is 5.69 Å². The summed E-state index contributed by atoms with van der Waals surface area (Å²) in [5.74, 6) is -1.19. The average molecular weight is 388 g/mol. The number of halogens is 1. The molecule has 0 unspecified atom stereocenters. The van der Waals surface area contributed by atoms with Crippen LogP contribution in [0, 0.1) is 20.8 Å². The molecule has 2 rings (SSSR count). The normalized spacial score (nSPS) is 10.4. The van der Waals surface area contributed by atoms with Crippen molar-refractivity contribution < 1.29 is 19.1 Å². The zero-order chi connectivity index (χ0) is 20.0. The van der Waals surface area contributed by atoms with Crippen molar-refractivity contribution in [1.82, 2.24) is 0 Å². The Kier molecular flexibility index (Phi) is 7.13. The van der Waals surface area contributed by atoms with E-state index >= 15 is 0 Å². The molecule has 0 bridgehead atoms. The topological polar surface area (TPSA) is 72.5 Å². The summed E-state index contributed by atoms with van der Waals surface area (Å²) in [4.78, 5) is 35.9. The highest BCUT2D eigenvalue weighted by Crippen LogP contribution is 2.20. The minimum Gasteiger partial charge on any atom is -0.456 e. The minimum absolute atomic E-state index is 0.0381. The van der Waals surface area contributed by atoms with E-state index in [1.807, 2.05) is 32.9 Å². The van der Waals surface area contributed by atoms with Crippen LogP contribution < -0.4 is 5.32 Å². The van der Waals surface area contributed by atoms with Gasteiger partial charge >= 0.3 is 5.97 Å². The Hall–Kier alpha value is -2.66. The first kappa shape index (κ1) is 20.6.